The standard InChI is InChI=1S/C13H14N2S/c1-8-2-4-9(5-3-8)10-6-7-11-12(10)16-13(14)15-11/h2-5,10H,6-7H2,1H3,(H2,14,15). The van der Waals surface area contributed by atoms with Crippen molar-refractivity contribution in [3.05, 3.63) is 46.0 Å². The summed E-state index contributed by atoms with van der Waals surface area (Å²) in [6.07, 6.45) is 2.25. The Labute approximate surface area is 99.1 Å². The molecule has 16 heavy (non-hydrogen) atoms. The van der Waals surface area contributed by atoms with E-state index in [-0.39, 0.29) is 0 Å². The number of hydrogen-bond donors (Lipinski definition) is 1. The average molecular weight is 230 g/mol. The Hall–Kier alpha value is -1.35. The fraction of sp³-hybridized carbons (Fsp3) is 0.308. The zero-order valence-corrected chi connectivity index (χ0v) is 10.1. The molecule has 1 heterocycles. The first-order valence-electron chi connectivity index (χ1n) is 5.55. The van der Waals surface area contributed by atoms with Gasteiger partial charge in [0.1, 0.15) is 0 Å². The SMILES string of the molecule is Cc1ccc(C2CCc3nc(N)sc32)cc1. The molecule has 1 aliphatic rings. The lowest BCUT2D eigenvalue weighted by Crippen LogP contribution is -1.94. The number of rotatable bonds is 1. The molecule has 3 heteroatoms. The van der Waals surface area contributed by atoms with Crippen LogP contribution in [0.2, 0.25) is 0 Å². The smallest absolute Gasteiger partial charge is 0.180 e. The minimum Gasteiger partial charge on any atom is -0.375 e. The summed E-state index contributed by atoms with van der Waals surface area (Å²) in [5.41, 5.74) is 9.68. The first kappa shape index (κ1) is 9.85. The van der Waals surface area contributed by atoms with Gasteiger partial charge in [0.25, 0.3) is 0 Å². The fourth-order valence-electron chi connectivity index (χ4n) is 2.36. The number of thiazole rings is 1. The van der Waals surface area contributed by atoms with Crippen molar-refractivity contribution >= 4 is 16.5 Å². The topological polar surface area (TPSA) is 38.9 Å². The van der Waals surface area contributed by atoms with Gasteiger partial charge in [-0.05, 0) is 25.3 Å². The Morgan fingerprint density at radius 2 is 2.06 bits per heavy atom. The molecule has 0 amide bonds. The highest BCUT2D eigenvalue weighted by Crippen LogP contribution is 2.42. The van der Waals surface area contributed by atoms with Gasteiger partial charge in [0.2, 0.25) is 0 Å². The molecule has 82 valence electrons. The lowest BCUT2D eigenvalue weighted by Gasteiger charge is -2.09. The minimum atomic E-state index is 0.519. The summed E-state index contributed by atoms with van der Waals surface area (Å²) < 4.78 is 0. The van der Waals surface area contributed by atoms with E-state index >= 15 is 0 Å². The highest BCUT2D eigenvalue weighted by atomic mass is 32.1. The van der Waals surface area contributed by atoms with Crippen LogP contribution in [0.5, 0.6) is 0 Å². The average Bonchev–Trinajstić information content (AvgIpc) is 2.78. The zero-order chi connectivity index (χ0) is 11.1. The lowest BCUT2D eigenvalue weighted by molar-refractivity contribution is 0.790. The number of nitrogens with zero attached hydrogens (tertiary/aromatic N) is 1. The molecule has 0 bridgehead atoms. The van der Waals surface area contributed by atoms with Gasteiger partial charge in [-0.3, -0.25) is 0 Å². The molecule has 0 saturated carbocycles. The second kappa shape index (κ2) is 3.59. The van der Waals surface area contributed by atoms with Crippen LogP contribution < -0.4 is 5.73 Å². The van der Waals surface area contributed by atoms with Crippen molar-refractivity contribution in [2.24, 2.45) is 0 Å². The molecule has 0 saturated heterocycles. The first-order valence-corrected chi connectivity index (χ1v) is 6.37. The third kappa shape index (κ3) is 1.52. The molecule has 0 radical (unpaired) electrons. The third-order valence-corrected chi connectivity index (χ3v) is 4.25. The van der Waals surface area contributed by atoms with Gasteiger partial charge in [-0.25, -0.2) is 4.98 Å². The summed E-state index contributed by atoms with van der Waals surface area (Å²) in [5.74, 6) is 0.519. The van der Waals surface area contributed by atoms with Crippen LogP contribution in [0.4, 0.5) is 5.13 Å². The van der Waals surface area contributed by atoms with E-state index in [1.165, 1.54) is 28.1 Å². The van der Waals surface area contributed by atoms with Gasteiger partial charge in [-0.15, -0.1) is 11.3 Å². The lowest BCUT2D eigenvalue weighted by atomic mass is 9.97. The van der Waals surface area contributed by atoms with E-state index in [9.17, 15) is 0 Å². The maximum Gasteiger partial charge on any atom is 0.180 e. The summed E-state index contributed by atoms with van der Waals surface area (Å²) >= 11 is 1.65. The van der Waals surface area contributed by atoms with E-state index in [2.05, 4.69) is 36.2 Å². The highest BCUT2D eigenvalue weighted by molar-refractivity contribution is 7.15. The van der Waals surface area contributed by atoms with Gasteiger partial charge in [-0.2, -0.15) is 0 Å². The van der Waals surface area contributed by atoms with Gasteiger partial charge in [0.05, 0.1) is 5.69 Å². The van der Waals surface area contributed by atoms with Crippen LogP contribution in [-0.2, 0) is 6.42 Å². The molecule has 0 spiro atoms. The summed E-state index contributed by atoms with van der Waals surface area (Å²) in [6.45, 7) is 2.12. The number of aryl methyl sites for hydroxylation is 2. The normalized spacial score (nSPS) is 18.7. The molecular weight excluding hydrogens is 216 g/mol. The maximum atomic E-state index is 5.76. The van der Waals surface area contributed by atoms with Crippen LogP contribution in [-0.4, -0.2) is 4.98 Å². The Bertz CT molecular complexity index is 513. The van der Waals surface area contributed by atoms with E-state index in [4.69, 9.17) is 5.73 Å². The molecule has 1 aromatic carbocycles. The van der Waals surface area contributed by atoms with Gasteiger partial charge in [-0.1, -0.05) is 29.8 Å². The molecule has 1 unspecified atom stereocenters. The predicted octanol–water partition coefficient (Wildman–Crippen LogP) is 3.11. The van der Waals surface area contributed by atoms with Crippen molar-refractivity contribution in [2.45, 2.75) is 25.7 Å². The van der Waals surface area contributed by atoms with Crippen LogP contribution in [0, 0.1) is 6.92 Å². The Morgan fingerprint density at radius 3 is 2.81 bits per heavy atom. The Balaban J connectivity index is 2.00. The number of nitrogen functional groups attached to an aromatic ring is 1. The Morgan fingerprint density at radius 1 is 1.31 bits per heavy atom. The van der Waals surface area contributed by atoms with Crippen molar-refractivity contribution in [2.75, 3.05) is 5.73 Å². The van der Waals surface area contributed by atoms with Gasteiger partial charge >= 0.3 is 0 Å². The minimum absolute atomic E-state index is 0.519. The van der Waals surface area contributed by atoms with Crippen molar-refractivity contribution in [3.8, 4) is 0 Å². The van der Waals surface area contributed by atoms with Crippen molar-refractivity contribution in [1.82, 2.24) is 4.98 Å². The summed E-state index contributed by atoms with van der Waals surface area (Å²) in [5, 5.41) is 0.710. The molecule has 1 atom stereocenters. The van der Waals surface area contributed by atoms with Crippen molar-refractivity contribution in [1.29, 1.82) is 0 Å². The number of hydrogen-bond acceptors (Lipinski definition) is 3. The molecular formula is C13H14N2S. The van der Waals surface area contributed by atoms with Crippen molar-refractivity contribution in [3.63, 3.8) is 0 Å². The van der Waals surface area contributed by atoms with Gasteiger partial charge in [0.15, 0.2) is 5.13 Å². The van der Waals surface area contributed by atoms with Crippen LogP contribution in [0.3, 0.4) is 0 Å². The number of benzene rings is 1. The number of nitrogens with two attached hydrogens (primary N) is 1. The molecule has 1 aromatic heterocycles. The van der Waals surface area contributed by atoms with E-state index in [0.717, 1.165) is 6.42 Å². The second-order valence-corrected chi connectivity index (χ2v) is 5.43. The zero-order valence-electron chi connectivity index (χ0n) is 9.23. The highest BCUT2D eigenvalue weighted by Gasteiger charge is 2.27. The van der Waals surface area contributed by atoms with E-state index in [1.807, 2.05) is 0 Å². The van der Waals surface area contributed by atoms with E-state index in [1.54, 1.807) is 11.3 Å². The second-order valence-electron chi connectivity index (χ2n) is 4.36. The van der Waals surface area contributed by atoms with Crippen LogP contribution >= 0.6 is 11.3 Å². The van der Waals surface area contributed by atoms with Crippen LogP contribution in [0.1, 0.15) is 34.0 Å². The van der Waals surface area contributed by atoms with Gasteiger partial charge in [0, 0.05) is 10.8 Å². The summed E-state index contributed by atoms with van der Waals surface area (Å²) in [7, 11) is 0. The molecule has 2 N–H and O–H groups in total. The Kier molecular flexibility index (Phi) is 2.21. The number of aromatic nitrogens is 1. The third-order valence-electron chi connectivity index (χ3n) is 3.21. The van der Waals surface area contributed by atoms with Gasteiger partial charge < -0.3 is 5.73 Å². The summed E-state index contributed by atoms with van der Waals surface area (Å²) in [4.78, 5) is 5.76. The van der Waals surface area contributed by atoms with Crippen molar-refractivity contribution < 1.29 is 0 Å². The van der Waals surface area contributed by atoms with Crippen LogP contribution in [0.25, 0.3) is 0 Å². The van der Waals surface area contributed by atoms with E-state index < -0.39 is 0 Å². The predicted molar refractivity (Wildman–Crippen MR) is 67.9 cm³/mol. The molecule has 0 aliphatic heterocycles. The monoisotopic (exact) mass is 230 g/mol. The fourth-order valence-corrected chi connectivity index (χ4v) is 3.41. The molecule has 1 aliphatic carbocycles. The molecule has 2 nitrogen and oxygen atoms in total. The summed E-state index contributed by atoms with van der Waals surface area (Å²) in [6, 6.07) is 8.81. The number of anilines is 1. The largest absolute Gasteiger partial charge is 0.375 e. The molecule has 0 fully saturated rings. The molecule has 3 rings (SSSR count). The van der Waals surface area contributed by atoms with Crippen LogP contribution in [0.15, 0.2) is 24.3 Å². The van der Waals surface area contributed by atoms with E-state index in [0.29, 0.717) is 11.0 Å². The first-order chi connectivity index (χ1) is 7.74. The number of fused-ring (bicyclic) bond motifs is 1. The molecule has 2 aromatic rings. The maximum absolute atomic E-state index is 5.76. The quantitative estimate of drug-likeness (QED) is 0.817.